The molecule has 0 saturated carbocycles. The minimum atomic E-state index is -1.67. The summed E-state index contributed by atoms with van der Waals surface area (Å²) in [6.07, 6.45) is 0.747. The van der Waals surface area contributed by atoms with Gasteiger partial charge in [0.05, 0.1) is 6.61 Å². The van der Waals surface area contributed by atoms with Gasteiger partial charge >= 0.3 is 11.9 Å². The zero-order valence-corrected chi connectivity index (χ0v) is 9.71. The number of carboxylic acids is 1. The van der Waals surface area contributed by atoms with Crippen molar-refractivity contribution in [1.29, 1.82) is 0 Å². The number of ether oxygens (including phenoxy) is 1. The van der Waals surface area contributed by atoms with E-state index in [4.69, 9.17) is 9.84 Å². The molecule has 15 heavy (non-hydrogen) atoms. The third-order valence-corrected chi connectivity index (χ3v) is 2.65. The largest absolute Gasteiger partial charge is 0.481 e. The number of hydrogen-bond acceptors (Lipinski definition) is 4. The highest BCUT2D eigenvalue weighted by Crippen LogP contribution is 1.99. The molecule has 0 saturated heterocycles. The van der Waals surface area contributed by atoms with Gasteiger partial charge in [-0.25, -0.2) is 0 Å². The minimum absolute atomic E-state index is 0.292. The van der Waals surface area contributed by atoms with E-state index in [0.29, 0.717) is 12.5 Å². The maximum Gasteiger partial charge on any atom is 0.318 e. The van der Waals surface area contributed by atoms with E-state index >= 15 is 0 Å². The first-order valence-corrected chi connectivity index (χ1v) is 6.13. The molecule has 0 aliphatic heterocycles. The molecule has 0 aromatic heterocycles. The maximum absolute atomic E-state index is 11.0. The molecule has 0 radical (unpaired) electrons. The first-order chi connectivity index (χ1) is 6.91. The molecule has 1 unspecified atom stereocenters. The summed E-state index contributed by atoms with van der Waals surface area (Å²) in [5, 5.41) is 8.30. The number of rotatable bonds is 7. The molecule has 0 rings (SSSR count). The van der Waals surface area contributed by atoms with Crippen molar-refractivity contribution in [2.75, 3.05) is 18.1 Å². The van der Waals surface area contributed by atoms with Crippen molar-refractivity contribution in [3.8, 4) is 0 Å². The van der Waals surface area contributed by atoms with Gasteiger partial charge < -0.3 is 9.84 Å². The standard InChI is InChI=1S/C9H16O5S/c1-7(2)3-4-14-9(12)6-15(13)5-8(10)11/h7H,3-6H2,1-2H3,(H,10,11). The van der Waals surface area contributed by atoms with Crippen LogP contribution in [-0.4, -0.2) is 39.4 Å². The van der Waals surface area contributed by atoms with Crippen LogP contribution in [0.25, 0.3) is 0 Å². The lowest BCUT2D eigenvalue weighted by Gasteiger charge is -2.05. The van der Waals surface area contributed by atoms with Crippen molar-refractivity contribution < 1.29 is 23.6 Å². The molecule has 0 aliphatic carbocycles. The van der Waals surface area contributed by atoms with E-state index in [1.54, 1.807) is 0 Å². The maximum atomic E-state index is 11.0. The lowest BCUT2D eigenvalue weighted by atomic mass is 10.1. The molecule has 1 N–H and O–H groups in total. The quantitative estimate of drug-likeness (QED) is 0.647. The molecule has 0 fully saturated rings. The average Bonchev–Trinajstić information content (AvgIpc) is 2.00. The van der Waals surface area contributed by atoms with E-state index in [1.807, 2.05) is 13.8 Å². The second kappa shape index (κ2) is 7.39. The highest BCUT2D eigenvalue weighted by molar-refractivity contribution is 7.86. The van der Waals surface area contributed by atoms with Gasteiger partial charge in [0.1, 0.15) is 11.5 Å². The van der Waals surface area contributed by atoms with Crippen LogP contribution in [0.2, 0.25) is 0 Å². The summed E-state index contributed by atoms with van der Waals surface area (Å²) in [6.45, 7) is 4.29. The lowest BCUT2D eigenvalue weighted by Crippen LogP contribution is -2.20. The van der Waals surface area contributed by atoms with Gasteiger partial charge in [0, 0.05) is 10.8 Å². The molecule has 5 nitrogen and oxygen atoms in total. The molecule has 6 heteroatoms. The van der Waals surface area contributed by atoms with Gasteiger partial charge in [0.15, 0.2) is 0 Å². The normalized spacial score (nSPS) is 12.5. The summed E-state index contributed by atoms with van der Waals surface area (Å²) in [7, 11) is -1.67. The number of carboxylic acid groups (broad SMARTS) is 1. The Hall–Kier alpha value is -0.910. The van der Waals surface area contributed by atoms with Crippen molar-refractivity contribution in [3.63, 3.8) is 0 Å². The lowest BCUT2D eigenvalue weighted by molar-refractivity contribution is -0.140. The van der Waals surface area contributed by atoms with Crippen molar-refractivity contribution in [3.05, 3.63) is 0 Å². The fourth-order valence-corrected chi connectivity index (χ4v) is 1.49. The smallest absolute Gasteiger partial charge is 0.318 e. The van der Waals surface area contributed by atoms with Gasteiger partial charge in [-0.15, -0.1) is 0 Å². The molecule has 0 aromatic rings. The van der Waals surface area contributed by atoms with Gasteiger partial charge in [0.25, 0.3) is 0 Å². The van der Waals surface area contributed by atoms with Crippen molar-refractivity contribution in [2.45, 2.75) is 20.3 Å². The second-order valence-electron chi connectivity index (χ2n) is 3.53. The van der Waals surface area contributed by atoms with Crippen LogP contribution in [0.5, 0.6) is 0 Å². The third kappa shape index (κ3) is 9.40. The summed E-state index contributed by atoms with van der Waals surface area (Å²) in [4.78, 5) is 21.2. The first kappa shape index (κ1) is 14.1. The summed E-state index contributed by atoms with van der Waals surface area (Å²) in [5.74, 6) is -2.20. The molecule has 0 bridgehead atoms. The van der Waals surface area contributed by atoms with Crippen molar-refractivity contribution >= 4 is 22.7 Å². The van der Waals surface area contributed by atoms with Crippen LogP contribution < -0.4 is 0 Å². The predicted octanol–water partition coefficient (Wildman–Crippen LogP) is 0.409. The molecule has 0 aliphatic rings. The Labute approximate surface area is 91.3 Å². The molecule has 0 amide bonds. The summed E-state index contributed by atoms with van der Waals surface area (Å²) in [6, 6.07) is 0. The van der Waals surface area contributed by atoms with Crippen LogP contribution in [0.4, 0.5) is 0 Å². The van der Waals surface area contributed by atoms with E-state index in [2.05, 4.69) is 0 Å². The van der Waals surface area contributed by atoms with Gasteiger partial charge in [-0.2, -0.15) is 0 Å². The van der Waals surface area contributed by atoms with E-state index in [1.165, 1.54) is 0 Å². The zero-order valence-electron chi connectivity index (χ0n) is 8.89. The third-order valence-electron chi connectivity index (χ3n) is 1.52. The van der Waals surface area contributed by atoms with E-state index < -0.39 is 28.5 Å². The Morgan fingerprint density at radius 3 is 2.40 bits per heavy atom. The van der Waals surface area contributed by atoms with Crippen molar-refractivity contribution in [1.82, 2.24) is 0 Å². The summed E-state index contributed by atoms with van der Waals surface area (Å²) in [5.41, 5.74) is 0. The molecule has 1 atom stereocenters. The fraction of sp³-hybridized carbons (Fsp3) is 0.778. The van der Waals surface area contributed by atoms with Gasteiger partial charge in [-0.3, -0.25) is 13.8 Å². The Morgan fingerprint density at radius 2 is 1.93 bits per heavy atom. The number of carbonyl (C=O) groups excluding carboxylic acids is 1. The number of esters is 1. The second-order valence-corrected chi connectivity index (χ2v) is 4.98. The number of aliphatic carboxylic acids is 1. The van der Waals surface area contributed by atoms with Crippen molar-refractivity contribution in [2.24, 2.45) is 5.92 Å². The van der Waals surface area contributed by atoms with E-state index in [0.717, 1.165) is 6.42 Å². The Bertz CT molecular complexity index is 249. The monoisotopic (exact) mass is 236 g/mol. The predicted molar refractivity (Wildman–Crippen MR) is 55.9 cm³/mol. The van der Waals surface area contributed by atoms with Crippen LogP contribution in [0, 0.1) is 5.92 Å². The van der Waals surface area contributed by atoms with Crippen LogP contribution >= 0.6 is 0 Å². The van der Waals surface area contributed by atoms with E-state index in [-0.39, 0.29) is 5.75 Å². The molecule has 0 spiro atoms. The van der Waals surface area contributed by atoms with Crippen LogP contribution in [0.15, 0.2) is 0 Å². The molecule has 88 valence electrons. The number of hydrogen-bond donors (Lipinski definition) is 1. The summed E-state index contributed by atoms with van der Waals surface area (Å²) >= 11 is 0. The number of carbonyl (C=O) groups is 2. The van der Waals surface area contributed by atoms with Crippen LogP contribution in [0.1, 0.15) is 20.3 Å². The SMILES string of the molecule is CC(C)CCOC(=O)CS(=O)CC(=O)O. The highest BCUT2D eigenvalue weighted by Gasteiger charge is 2.12. The Kier molecular flexibility index (Phi) is 6.94. The topological polar surface area (TPSA) is 80.7 Å². The average molecular weight is 236 g/mol. The fourth-order valence-electron chi connectivity index (χ4n) is 0.770. The molecular formula is C9H16O5S. The zero-order chi connectivity index (χ0) is 11.8. The highest BCUT2D eigenvalue weighted by atomic mass is 32.2. The van der Waals surface area contributed by atoms with Gasteiger partial charge in [0.2, 0.25) is 0 Å². The molecule has 0 heterocycles. The van der Waals surface area contributed by atoms with Gasteiger partial charge in [-0.1, -0.05) is 13.8 Å². The Balaban J connectivity index is 3.65. The Morgan fingerprint density at radius 1 is 1.33 bits per heavy atom. The first-order valence-electron chi connectivity index (χ1n) is 4.64. The summed E-state index contributed by atoms with van der Waals surface area (Å²) < 4.78 is 15.8. The molecule has 0 aromatic carbocycles. The van der Waals surface area contributed by atoms with Crippen LogP contribution in [0.3, 0.4) is 0 Å². The van der Waals surface area contributed by atoms with Crippen LogP contribution in [-0.2, 0) is 25.1 Å². The molecular weight excluding hydrogens is 220 g/mol. The minimum Gasteiger partial charge on any atom is -0.481 e. The van der Waals surface area contributed by atoms with E-state index in [9.17, 15) is 13.8 Å². The van der Waals surface area contributed by atoms with Gasteiger partial charge in [-0.05, 0) is 12.3 Å².